The van der Waals surface area contributed by atoms with Gasteiger partial charge >= 0.3 is 5.97 Å². The van der Waals surface area contributed by atoms with Crippen LogP contribution < -0.4 is 0 Å². The van der Waals surface area contributed by atoms with Crippen LogP contribution in [0.1, 0.15) is 18.1 Å². The Morgan fingerprint density at radius 3 is 2.35 bits per heavy atom. The second-order valence-electron chi connectivity index (χ2n) is 5.92. The first-order valence-corrected chi connectivity index (χ1v) is 10.4. The molecule has 8 heteroatoms. The third-order valence-corrected chi connectivity index (χ3v) is 3.68. The van der Waals surface area contributed by atoms with Gasteiger partial charge in [-0.15, -0.1) is 0 Å². The van der Waals surface area contributed by atoms with E-state index >= 15 is 0 Å². The number of non-ortho nitro benzene ring substituents is 1. The summed E-state index contributed by atoms with van der Waals surface area (Å²) < 4.78 is 10.4. The van der Waals surface area contributed by atoms with Crippen molar-refractivity contribution in [2.75, 3.05) is 7.11 Å². The Morgan fingerprint density at radius 2 is 1.91 bits per heavy atom. The fourth-order valence-corrected chi connectivity index (χ4v) is 2.77. The summed E-state index contributed by atoms with van der Waals surface area (Å²) in [5.74, 6) is -0.226. The number of nitro groups is 1. The highest BCUT2D eigenvalue weighted by Gasteiger charge is 2.21. The van der Waals surface area contributed by atoms with Gasteiger partial charge < -0.3 is 14.3 Å². The largest absolute Gasteiger partial charge is 0.547 e. The number of aliphatic hydroxyl groups excluding tert-OH is 1. The molecule has 1 N–H and O–H groups in total. The lowest BCUT2D eigenvalue weighted by Gasteiger charge is -2.23. The van der Waals surface area contributed by atoms with Gasteiger partial charge in [0.1, 0.15) is 0 Å². The van der Waals surface area contributed by atoms with Crippen LogP contribution in [0.5, 0.6) is 0 Å². The molecule has 0 saturated heterocycles. The lowest BCUT2D eigenvalue weighted by atomic mass is 10.1. The Bertz CT molecular complexity index is 591. The standard InChI is InChI=1S/C15H21NO6Si/c1-21-15(18)10-13(22-23(2,3)4)9-14(17)11-5-7-12(8-6-11)16(19)20/h5-8,10,14,17H,9H2,1-4H3/b13-10-/t14-/m0/s1. The van der Waals surface area contributed by atoms with E-state index < -0.39 is 25.3 Å². The zero-order valence-corrected chi connectivity index (χ0v) is 14.6. The van der Waals surface area contributed by atoms with Gasteiger partial charge in [0.2, 0.25) is 8.32 Å². The summed E-state index contributed by atoms with van der Waals surface area (Å²) in [6.45, 7) is 5.86. The zero-order valence-electron chi connectivity index (χ0n) is 13.6. The third-order valence-electron chi connectivity index (χ3n) is 2.80. The molecule has 0 fully saturated rings. The van der Waals surface area contributed by atoms with Crippen molar-refractivity contribution in [2.45, 2.75) is 32.2 Å². The molecule has 1 aromatic rings. The van der Waals surface area contributed by atoms with E-state index in [0.717, 1.165) is 0 Å². The van der Waals surface area contributed by atoms with Crippen molar-refractivity contribution in [1.29, 1.82) is 0 Å². The van der Waals surface area contributed by atoms with Crippen molar-refractivity contribution >= 4 is 20.0 Å². The number of carbonyl (C=O) groups excluding carboxylic acids is 1. The van der Waals surface area contributed by atoms with E-state index in [2.05, 4.69) is 4.74 Å². The first kappa shape index (κ1) is 18.9. The molecule has 0 aliphatic carbocycles. The van der Waals surface area contributed by atoms with Gasteiger partial charge in [-0.3, -0.25) is 10.1 Å². The zero-order chi connectivity index (χ0) is 17.6. The molecular formula is C15H21NO6Si. The predicted molar refractivity (Wildman–Crippen MR) is 87.2 cm³/mol. The summed E-state index contributed by atoms with van der Waals surface area (Å²) >= 11 is 0. The number of rotatable bonds is 7. The van der Waals surface area contributed by atoms with Crippen LogP contribution in [0.25, 0.3) is 0 Å². The molecule has 0 amide bonds. The Hall–Kier alpha value is -2.19. The molecule has 23 heavy (non-hydrogen) atoms. The average Bonchev–Trinajstić information content (AvgIpc) is 2.45. The van der Waals surface area contributed by atoms with Crippen LogP contribution in [0.4, 0.5) is 5.69 Å². The molecule has 0 bridgehead atoms. The second-order valence-corrected chi connectivity index (χ2v) is 10.3. The number of carbonyl (C=O) groups is 1. The summed E-state index contributed by atoms with van der Waals surface area (Å²) in [5.41, 5.74) is 0.454. The maximum absolute atomic E-state index is 11.4. The van der Waals surface area contributed by atoms with Gasteiger partial charge in [0.25, 0.3) is 5.69 Å². The summed E-state index contributed by atoms with van der Waals surface area (Å²) in [6, 6.07) is 5.60. The molecule has 0 spiro atoms. The smallest absolute Gasteiger partial charge is 0.333 e. The number of nitro benzene ring substituents is 1. The van der Waals surface area contributed by atoms with E-state index in [9.17, 15) is 20.0 Å². The first-order valence-electron chi connectivity index (χ1n) is 7.02. The molecule has 0 aromatic heterocycles. The summed E-state index contributed by atoms with van der Waals surface area (Å²) in [6.07, 6.45) is 0.354. The SMILES string of the molecule is COC(=O)/C=C(/C[C@H](O)c1ccc([N+](=O)[O-])cc1)O[Si](C)(C)C. The van der Waals surface area contributed by atoms with Crippen LogP contribution in [0.15, 0.2) is 36.1 Å². The molecular weight excluding hydrogens is 318 g/mol. The normalized spacial score (nSPS) is 13.3. The van der Waals surface area contributed by atoms with E-state index in [-0.39, 0.29) is 12.1 Å². The summed E-state index contributed by atoms with van der Waals surface area (Å²) in [7, 11) is -0.706. The Balaban J connectivity index is 2.91. The molecule has 1 rings (SSSR count). The number of esters is 1. The van der Waals surface area contributed by atoms with E-state index in [1.54, 1.807) is 0 Å². The fraction of sp³-hybridized carbons (Fsp3) is 0.400. The second kappa shape index (κ2) is 7.89. The van der Waals surface area contributed by atoms with E-state index in [1.807, 2.05) is 19.6 Å². The third kappa shape index (κ3) is 6.62. The number of benzene rings is 1. The minimum absolute atomic E-state index is 0.0513. The molecule has 7 nitrogen and oxygen atoms in total. The lowest BCUT2D eigenvalue weighted by Crippen LogP contribution is -2.26. The maximum Gasteiger partial charge on any atom is 0.333 e. The van der Waals surface area contributed by atoms with Crippen molar-refractivity contribution < 1.29 is 24.0 Å². The van der Waals surface area contributed by atoms with Gasteiger partial charge in [-0.05, 0) is 37.3 Å². The Labute approximate surface area is 135 Å². The number of methoxy groups -OCH3 is 1. The van der Waals surface area contributed by atoms with Crippen LogP contribution in [0.2, 0.25) is 19.6 Å². The molecule has 0 aliphatic rings. The topological polar surface area (TPSA) is 98.9 Å². The highest BCUT2D eigenvalue weighted by atomic mass is 28.4. The van der Waals surface area contributed by atoms with E-state index in [1.165, 1.54) is 37.5 Å². The van der Waals surface area contributed by atoms with Gasteiger partial charge in [-0.1, -0.05) is 0 Å². The van der Waals surface area contributed by atoms with Crippen LogP contribution in [-0.2, 0) is 14.0 Å². The molecule has 0 radical (unpaired) electrons. The summed E-state index contributed by atoms with van der Waals surface area (Å²) in [5, 5.41) is 20.9. The number of hydrogen-bond acceptors (Lipinski definition) is 6. The molecule has 0 saturated carbocycles. The highest BCUT2D eigenvalue weighted by molar-refractivity contribution is 6.70. The molecule has 1 atom stereocenters. The van der Waals surface area contributed by atoms with Gasteiger partial charge in [-0.2, -0.15) is 0 Å². The van der Waals surface area contributed by atoms with E-state index in [4.69, 9.17) is 4.43 Å². The minimum Gasteiger partial charge on any atom is -0.547 e. The lowest BCUT2D eigenvalue weighted by molar-refractivity contribution is -0.384. The van der Waals surface area contributed by atoms with Crippen LogP contribution >= 0.6 is 0 Å². The maximum atomic E-state index is 11.4. The monoisotopic (exact) mass is 339 g/mol. The Morgan fingerprint density at radius 1 is 1.35 bits per heavy atom. The van der Waals surface area contributed by atoms with Gasteiger partial charge in [0.15, 0.2) is 0 Å². The van der Waals surface area contributed by atoms with Crippen LogP contribution in [-0.4, -0.2) is 31.4 Å². The van der Waals surface area contributed by atoms with Crippen LogP contribution in [0, 0.1) is 10.1 Å². The molecule has 0 aliphatic heterocycles. The van der Waals surface area contributed by atoms with Gasteiger partial charge in [0.05, 0.1) is 30.0 Å². The average molecular weight is 339 g/mol. The first-order chi connectivity index (χ1) is 10.6. The minimum atomic E-state index is -1.97. The van der Waals surface area contributed by atoms with Crippen LogP contribution in [0.3, 0.4) is 0 Å². The molecule has 126 valence electrons. The molecule has 1 aromatic carbocycles. The van der Waals surface area contributed by atoms with Crippen molar-refractivity contribution in [3.05, 3.63) is 51.8 Å². The van der Waals surface area contributed by atoms with Crippen molar-refractivity contribution in [3.63, 3.8) is 0 Å². The van der Waals surface area contributed by atoms with E-state index in [0.29, 0.717) is 11.3 Å². The Kier molecular flexibility index (Phi) is 6.46. The number of hydrogen-bond donors (Lipinski definition) is 1. The number of nitrogens with zero attached hydrogens (tertiary/aromatic N) is 1. The molecule has 0 heterocycles. The predicted octanol–water partition coefficient (Wildman–Crippen LogP) is 2.93. The summed E-state index contributed by atoms with van der Waals surface area (Å²) in [4.78, 5) is 21.6. The van der Waals surface area contributed by atoms with Crippen molar-refractivity contribution in [1.82, 2.24) is 0 Å². The van der Waals surface area contributed by atoms with Gasteiger partial charge in [-0.25, -0.2) is 4.79 Å². The number of aliphatic hydroxyl groups is 1. The van der Waals surface area contributed by atoms with Crippen molar-refractivity contribution in [2.24, 2.45) is 0 Å². The highest BCUT2D eigenvalue weighted by Crippen LogP contribution is 2.25. The quantitative estimate of drug-likeness (QED) is 0.205. The molecule has 0 unspecified atom stereocenters. The van der Waals surface area contributed by atoms with Gasteiger partial charge in [0, 0.05) is 18.6 Å². The van der Waals surface area contributed by atoms with Crippen molar-refractivity contribution in [3.8, 4) is 0 Å². The fourth-order valence-electron chi connectivity index (χ4n) is 1.84. The number of ether oxygens (including phenoxy) is 1.